The molecule has 0 aromatic heterocycles. The van der Waals surface area contributed by atoms with Crippen molar-refractivity contribution in [3.8, 4) is 10.6 Å². The molecule has 0 N–H and O–H groups in total. The topological polar surface area (TPSA) is 15.9 Å². The second kappa shape index (κ2) is 5.32. The smallest absolute Gasteiger partial charge is 0.201 e. The molecule has 0 amide bonds. The molecule has 1 aliphatic carbocycles. The van der Waals surface area contributed by atoms with Crippen LogP contribution in [0.5, 0.6) is 0 Å². The molecule has 3 rings (SSSR count). The fraction of sp³-hybridized carbons (Fsp3) is 0.143. The zero-order valence-electron chi connectivity index (χ0n) is 10.2. The van der Waals surface area contributed by atoms with Gasteiger partial charge in [0.15, 0.2) is 0 Å². The molecule has 2 nitrogen and oxygen atoms in total. The highest BCUT2D eigenvalue weighted by Gasteiger charge is 2.07. The van der Waals surface area contributed by atoms with Gasteiger partial charge in [-0.3, -0.25) is 0 Å². The molecule has 4 heteroatoms. The normalized spacial score (nSPS) is 10.3. The standard InChI is InChI=1S/C14H13N2S.HI/c1-16(2)10-7-8-12-14(9-10)17-13-6-4-3-5-11(13)15-12;/h3-9H,1-2H3;1H/q+1;/p-1. The second-order valence-corrected chi connectivity index (χ2v) is 5.31. The van der Waals surface area contributed by atoms with Crippen molar-refractivity contribution < 1.29 is 24.0 Å². The number of rotatable bonds is 0. The van der Waals surface area contributed by atoms with Crippen LogP contribution >= 0.6 is 11.3 Å². The molecule has 1 aliphatic heterocycles. The Morgan fingerprint density at radius 3 is 2.61 bits per heavy atom. The van der Waals surface area contributed by atoms with Gasteiger partial charge < -0.3 is 24.0 Å². The molecule has 1 heterocycles. The minimum Gasteiger partial charge on any atom is -1.00 e. The van der Waals surface area contributed by atoms with E-state index in [4.69, 9.17) is 0 Å². The highest BCUT2D eigenvalue weighted by molar-refractivity contribution is 7.21. The van der Waals surface area contributed by atoms with Crippen LogP contribution in [-0.4, -0.2) is 19.1 Å². The Kier molecular flexibility index (Phi) is 3.97. The SMILES string of the molecule is C[N+](C)=c1ccc2nc3ccccc3sc-2c1.[I-]. The zero-order chi connectivity index (χ0) is 11.8. The van der Waals surface area contributed by atoms with E-state index in [2.05, 4.69) is 60.1 Å². The van der Waals surface area contributed by atoms with Gasteiger partial charge in [0.1, 0.15) is 14.1 Å². The van der Waals surface area contributed by atoms with Gasteiger partial charge in [-0.2, -0.15) is 0 Å². The molecule has 2 aliphatic rings. The Bertz CT molecular complexity index is 729. The molecule has 0 radical (unpaired) electrons. The number of halogens is 1. The van der Waals surface area contributed by atoms with Crippen molar-refractivity contribution >= 4 is 21.6 Å². The van der Waals surface area contributed by atoms with Crippen LogP contribution in [0, 0.1) is 0 Å². The largest absolute Gasteiger partial charge is 1.00 e. The van der Waals surface area contributed by atoms with Crippen molar-refractivity contribution in [1.82, 2.24) is 9.56 Å². The first-order valence-corrected chi connectivity index (χ1v) is 6.36. The van der Waals surface area contributed by atoms with Crippen LogP contribution in [0.15, 0.2) is 42.5 Å². The predicted octanol–water partition coefficient (Wildman–Crippen LogP) is -0.563. The summed E-state index contributed by atoms with van der Waals surface area (Å²) in [7, 11) is 4.11. The molecule has 92 valence electrons. The number of fused-ring (bicyclic) bond motifs is 2. The maximum absolute atomic E-state index is 4.67. The average Bonchev–Trinajstić information content (AvgIpc) is 2.35. The molecule has 0 saturated carbocycles. The first kappa shape index (κ1) is 13.4. The summed E-state index contributed by atoms with van der Waals surface area (Å²) in [6, 6.07) is 14.7. The highest BCUT2D eigenvalue weighted by atomic mass is 127. The average molecular weight is 368 g/mol. The minimum absolute atomic E-state index is 0. The first-order chi connectivity index (χ1) is 8.24. The molecule has 18 heavy (non-hydrogen) atoms. The molecule has 0 atom stereocenters. The van der Waals surface area contributed by atoms with Gasteiger partial charge in [-0.05, 0) is 18.2 Å². The molecule has 0 bridgehead atoms. The van der Waals surface area contributed by atoms with Gasteiger partial charge in [0.25, 0.3) is 0 Å². The van der Waals surface area contributed by atoms with E-state index in [0.29, 0.717) is 0 Å². The van der Waals surface area contributed by atoms with E-state index in [-0.39, 0.29) is 24.0 Å². The number of hydrogen-bond donors (Lipinski definition) is 0. The zero-order valence-corrected chi connectivity index (χ0v) is 13.2. The van der Waals surface area contributed by atoms with Crippen LogP contribution in [0.1, 0.15) is 0 Å². The van der Waals surface area contributed by atoms with Crippen LogP contribution in [0.3, 0.4) is 0 Å². The molecule has 0 saturated heterocycles. The van der Waals surface area contributed by atoms with Crippen molar-refractivity contribution in [1.29, 1.82) is 0 Å². The van der Waals surface area contributed by atoms with E-state index in [1.54, 1.807) is 11.3 Å². The van der Waals surface area contributed by atoms with Gasteiger partial charge in [0, 0.05) is 12.1 Å². The van der Waals surface area contributed by atoms with Gasteiger partial charge in [-0.1, -0.05) is 12.1 Å². The van der Waals surface area contributed by atoms with Crippen molar-refractivity contribution in [3.63, 3.8) is 0 Å². The van der Waals surface area contributed by atoms with Gasteiger partial charge in [-0.15, -0.1) is 11.3 Å². The molecule has 0 unspecified atom stereocenters. The summed E-state index contributed by atoms with van der Waals surface area (Å²) < 4.78 is 3.34. The fourth-order valence-electron chi connectivity index (χ4n) is 1.84. The number of hydrogen-bond acceptors (Lipinski definition) is 2. The monoisotopic (exact) mass is 368 g/mol. The third kappa shape index (κ3) is 2.40. The maximum Gasteiger partial charge on any atom is 0.201 e. The minimum atomic E-state index is 0. The maximum atomic E-state index is 4.67. The van der Waals surface area contributed by atoms with E-state index in [1.807, 2.05) is 6.07 Å². The van der Waals surface area contributed by atoms with Gasteiger partial charge >= 0.3 is 0 Å². The summed E-state index contributed by atoms with van der Waals surface area (Å²) >= 11 is 1.79. The van der Waals surface area contributed by atoms with Crippen LogP contribution in [0.2, 0.25) is 0 Å². The summed E-state index contributed by atoms with van der Waals surface area (Å²) in [4.78, 5) is 5.90. The second-order valence-electron chi connectivity index (χ2n) is 4.23. The van der Waals surface area contributed by atoms with E-state index in [0.717, 1.165) is 11.2 Å². The van der Waals surface area contributed by atoms with Crippen LogP contribution < -0.4 is 33.9 Å². The molecular formula is C14H13IN2S. The van der Waals surface area contributed by atoms with Crippen molar-refractivity contribution in [3.05, 3.63) is 47.8 Å². The van der Waals surface area contributed by atoms with Crippen molar-refractivity contribution in [2.45, 2.75) is 0 Å². The van der Waals surface area contributed by atoms with E-state index >= 15 is 0 Å². The van der Waals surface area contributed by atoms with Crippen LogP contribution in [0.4, 0.5) is 0 Å². The summed E-state index contributed by atoms with van der Waals surface area (Å²) in [5, 5.41) is 1.21. The Morgan fingerprint density at radius 1 is 1.06 bits per heavy atom. The molecular weight excluding hydrogens is 355 g/mol. The van der Waals surface area contributed by atoms with Gasteiger partial charge in [-0.25, -0.2) is 9.56 Å². The number of nitrogens with zero attached hydrogens (tertiary/aromatic N) is 2. The van der Waals surface area contributed by atoms with Crippen molar-refractivity contribution in [2.75, 3.05) is 14.1 Å². The summed E-state index contributed by atoms with van der Waals surface area (Å²) in [5.41, 5.74) is 2.14. The van der Waals surface area contributed by atoms with Gasteiger partial charge in [0.2, 0.25) is 5.36 Å². The quantitative estimate of drug-likeness (QED) is 0.295. The highest BCUT2D eigenvalue weighted by Crippen LogP contribution is 2.28. The van der Waals surface area contributed by atoms with Gasteiger partial charge in [0.05, 0.1) is 20.8 Å². The number of para-hydroxylation sites is 1. The fourth-order valence-corrected chi connectivity index (χ4v) is 2.84. The summed E-state index contributed by atoms with van der Waals surface area (Å²) in [5.74, 6) is 0. The van der Waals surface area contributed by atoms with E-state index in [1.165, 1.54) is 14.9 Å². The third-order valence-electron chi connectivity index (χ3n) is 2.79. The lowest BCUT2D eigenvalue weighted by atomic mass is 10.2. The van der Waals surface area contributed by atoms with E-state index in [9.17, 15) is 0 Å². The lowest BCUT2D eigenvalue weighted by Crippen LogP contribution is -3.00. The Labute approximate surface area is 127 Å². The third-order valence-corrected chi connectivity index (χ3v) is 3.90. The molecule has 0 fully saturated rings. The summed E-state index contributed by atoms with van der Waals surface area (Å²) in [6.07, 6.45) is 0. The lowest BCUT2D eigenvalue weighted by Gasteiger charge is -2.04. The Morgan fingerprint density at radius 2 is 1.83 bits per heavy atom. The van der Waals surface area contributed by atoms with Crippen molar-refractivity contribution in [2.24, 2.45) is 0 Å². The lowest BCUT2D eigenvalue weighted by molar-refractivity contribution is -0.00000340. The molecule has 1 aromatic rings. The number of aromatic nitrogens is 1. The Balaban J connectivity index is 0.00000120. The first-order valence-electron chi connectivity index (χ1n) is 5.54. The predicted molar refractivity (Wildman–Crippen MR) is 73.4 cm³/mol. The van der Waals surface area contributed by atoms with E-state index < -0.39 is 0 Å². The molecule has 1 aromatic carbocycles. The molecule has 0 spiro atoms. The summed E-state index contributed by atoms with van der Waals surface area (Å²) in [6.45, 7) is 0. The number of benzene rings is 2. The van der Waals surface area contributed by atoms with Crippen LogP contribution in [0.25, 0.3) is 20.8 Å². The van der Waals surface area contributed by atoms with Crippen LogP contribution in [-0.2, 0) is 0 Å². The Hall–Kier alpha value is -1.01.